The summed E-state index contributed by atoms with van der Waals surface area (Å²) in [4.78, 5) is 23.0. The molecule has 0 radical (unpaired) electrons. The molecule has 0 aromatic heterocycles. The average Bonchev–Trinajstić information content (AvgIpc) is 2.27. The molecule has 1 aromatic carbocycles. The molecule has 1 rings (SSSR count). The Balaban J connectivity index is 2.76. The second-order valence-corrected chi connectivity index (χ2v) is 3.69. The van der Waals surface area contributed by atoms with Gasteiger partial charge in [-0.25, -0.2) is 0 Å². The van der Waals surface area contributed by atoms with Gasteiger partial charge in [-0.2, -0.15) is 0 Å². The van der Waals surface area contributed by atoms with Crippen LogP contribution >= 0.6 is 0 Å². The highest BCUT2D eigenvalue weighted by Gasteiger charge is 2.16. The van der Waals surface area contributed by atoms with Gasteiger partial charge >= 0.3 is 0 Å². The minimum atomic E-state index is -0.583. The summed E-state index contributed by atoms with van der Waals surface area (Å²) >= 11 is 0. The zero-order valence-corrected chi connectivity index (χ0v) is 9.61. The number of amides is 1. The van der Waals surface area contributed by atoms with Crippen LogP contribution in [-0.2, 0) is 4.79 Å². The number of hydrogen-bond acceptors (Lipinski definition) is 3. The molecular formula is C12H15NO3. The van der Waals surface area contributed by atoms with Crippen LogP contribution in [0.4, 0.5) is 0 Å². The molecule has 4 nitrogen and oxygen atoms in total. The molecule has 86 valence electrons. The van der Waals surface area contributed by atoms with Crippen molar-refractivity contribution in [2.45, 2.75) is 19.9 Å². The Morgan fingerprint density at radius 3 is 2.19 bits per heavy atom. The topological polar surface area (TPSA) is 55.4 Å². The normalized spacial score (nSPS) is 10.0. The van der Waals surface area contributed by atoms with Crippen LogP contribution in [0.25, 0.3) is 0 Å². The van der Waals surface area contributed by atoms with E-state index in [1.54, 1.807) is 45.2 Å². The summed E-state index contributed by atoms with van der Waals surface area (Å²) in [6.45, 7) is 3.61. The monoisotopic (exact) mass is 221 g/mol. The fraction of sp³-hybridized carbons (Fsp3) is 0.333. The summed E-state index contributed by atoms with van der Waals surface area (Å²) in [5, 5.41) is 2.55. The number of methoxy groups -OCH3 is 1. The quantitative estimate of drug-likeness (QED) is 0.617. The van der Waals surface area contributed by atoms with Crippen LogP contribution in [0.1, 0.15) is 24.2 Å². The SMILES string of the molecule is COc1ccc(C(=O)C(=O)NC(C)C)cc1. The van der Waals surface area contributed by atoms with Gasteiger partial charge in [-0.05, 0) is 38.1 Å². The van der Waals surface area contributed by atoms with Crippen molar-refractivity contribution in [1.82, 2.24) is 5.32 Å². The summed E-state index contributed by atoms with van der Waals surface area (Å²) in [5.74, 6) is -0.461. The molecule has 16 heavy (non-hydrogen) atoms. The van der Waals surface area contributed by atoms with E-state index in [1.807, 2.05) is 0 Å². The second-order valence-electron chi connectivity index (χ2n) is 3.69. The number of ether oxygens (including phenoxy) is 1. The van der Waals surface area contributed by atoms with Crippen LogP contribution in [-0.4, -0.2) is 24.8 Å². The Hall–Kier alpha value is -1.84. The molecule has 0 bridgehead atoms. The maximum Gasteiger partial charge on any atom is 0.292 e. The van der Waals surface area contributed by atoms with Gasteiger partial charge in [-0.1, -0.05) is 0 Å². The molecule has 1 N–H and O–H groups in total. The van der Waals surface area contributed by atoms with Crippen molar-refractivity contribution in [3.8, 4) is 5.75 Å². The van der Waals surface area contributed by atoms with Gasteiger partial charge in [0.2, 0.25) is 5.78 Å². The van der Waals surface area contributed by atoms with E-state index in [0.717, 1.165) is 0 Å². The van der Waals surface area contributed by atoms with E-state index in [9.17, 15) is 9.59 Å². The summed E-state index contributed by atoms with van der Waals surface area (Å²) in [7, 11) is 1.54. The van der Waals surface area contributed by atoms with Crippen LogP contribution in [0.15, 0.2) is 24.3 Å². The van der Waals surface area contributed by atoms with E-state index in [2.05, 4.69) is 5.32 Å². The molecule has 1 amide bonds. The van der Waals surface area contributed by atoms with E-state index in [1.165, 1.54) is 0 Å². The zero-order valence-electron chi connectivity index (χ0n) is 9.61. The van der Waals surface area contributed by atoms with Crippen LogP contribution in [0.5, 0.6) is 5.75 Å². The van der Waals surface area contributed by atoms with Gasteiger partial charge in [-0.15, -0.1) is 0 Å². The lowest BCUT2D eigenvalue weighted by molar-refractivity contribution is -0.117. The Morgan fingerprint density at radius 1 is 1.19 bits per heavy atom. The van der Waals surface area contributed by atoms with Gasteiger partial charge in [0.1, 0.15) is 5.75 Å². The van der Waals surface area contributed by atoms with Crippen molar-refractivity contribution in [2.24, 2.45) is 0 Å². The summed E-state index contributed by atoms with van der Waals surface area (Å²) in [5.41, 5.74) is 0.360. The van der Waals surface area contributed by atoms with Crippen LogP contribution in [0.2, 0.25) is 0 Å². The highest BCUT2D eigenvalue weighted by atomic mass is 16.5. The lowest BCUT2D eigenvalue weighted by Gasteiger charge is -2.07. The van der Waals surface area contributed by atoms with E-state index in [0.29, 0.717) is 11.3 Å². The van der Waals surface area contributed by atoms with Crippen molar-refractivity contribution < 1.29 is 14.3 Å². The predicted octanol–water partition coefficient (Wildman–Crippen LogP) is 1.40. The summed E-state index contributed by atoms with van der Waals surface area (Å²) < 4.78 is 4.96. The lowest BCUT2D eigenvalue weighted by atomic mass is 10.1. The van der Waals surface area contributed by atoms with E-state index >= 15 is 0 Å². The smallest absolute Gasteiger partial charge is 0.292 e. The molecule has 0 aliphatic rings. The highest BCUT2D eigenvalue weighted by molar-refractivity contribution is 6.42. The van der Waals surface area contributed by atoms with Gasteiger partial charge in [0.15, 0.2) is 0 Å². The number of carbonyl (C=O) groups excluding carboxylic acids is 2. The number of ketones is 1. The Kier molecular flexibility index (Phi) is 4.05. The standard InChI is InChI=1S/C12H15NO3/c1-8(2)13-12(15)11(14)9-4-6-10(16-3)7-5-9/h4-8H,1-3H3,(H,13,15). The molecular weight excluding hydrogens is 206 g/mol. The molecule has 0 fully saturated rings. The van der Waals surface area contributed by atoms with E-state index in [4.69, 9.17) is 4.74 Å². The van der Waals surface area contributed by atoms with E-state index in [-0.39, 0.29) is 6.04 Å². The number of carbonyl (C=O) groups is 2. The molecule has 4 heteroatoms. The van der Waals surface area contributed by atoms with Crippen molar-refractivity contribution in [3.63, 3.8) is 0 Å². The van der Waals surface area contributed by atoms with Gasteiger partial charge in [0, 0.05) is 11.6 Å². The molecule has 0 saturated carbocycles. The van der Waals surface area contributed by atoms with Crippen LogP contribution < -0.4 is 10.1 Å². The summed E-state index contributed by atoms with van der Waals surface area (Å²) in [6.07, 6.45) is 0. The largest absolute Gasteiger partial charge is 0.497 e. The first-order valence-electron chi connectivity index (χ1n) is 5.04. The molecule has 0 heterocycles. The maximum absolute atomic E-state index is 11.6. The number of Topliss-reactive ketones (excluding diaryl/α,β-unsaturated/α-hetero) is 1. The fourth-order valence-electron chi connectivity index (χ4n) is 1.20. The lowest BCUT2D eigenvalue weighted by Crippen LogP contribution is -2.35. The number of nitrogens with one attached hydrogen (secondary N) is 1. The third-order valence-corrected chi connectivity index (χ3v) is 1.98. The average molecular weight is 221 g/mol. The highest BCUT2D eigenvalue weighted by Crippen LogP contribution is 2.11. The molecule has 0 saturated heterocycles. The predicted molar refractivity (Wildman–Crippen MR) is 60.6 cm³/mol. The minimum absolute atomic E-state index is 0.0466. The minimum Gasteiger partial charge on any atom is -0.497 e. The fourth-order valence-corrected chi connectivity index (χ4v) is 1.20. The maximum atomic E-state index is 11.6. The van der Waals surface area contributed by atoms with Crippen LogP contribution in [0.3, 0.4) is 0 Å². The summed E-state index contributed by atoms with van der Waals surface area (Å²) in [6, 6.07) is 6.39. The van der Waals surface area contributed by atoms with Gasteiger partial charge in [-0.3, -0.25) is 9.59 Å². The molecule has 0 atom stereocenters. The molecule has 1 aromatic rings. The third kappa shape index (κ3) is 3.08. The third-order valence-electron chi connectivity index (χ3n) is 1.98. The number of hydrogen-bond donors (Lipinski definition) is 1. The van der Waals surface area contributed by atoms with Gasteiger partial charge < -0.3 is 10.1 Å². The first kappa shape index (κ1) is 12.2. The Bertz CT molecular complexity index is 382. The molecule has 0 aliphatic carbocycles. The van der Waals surface area contributed by atoms with Crippen LogP contribution in [0, 0.1) is 0 Å². The number of benzene rings is 1. The van der Waals surface area contributed by atoms with Crippen molar-refractivity contribution in [1.29, 1.82) is 0 Å². The molecule has 0 spiro atoms. The molecule has 0 aliphatic heterocycles. The zero-order chi connectivity index (χ0) is 12.1. The Labute approximate surface area is 94.6 Å². The van der Waals surface area contributed by atoms with Crippen molar-refractivity contribution >= 4 is 11.7 Å². The second kappa shape index (κ2) is 5.30. The van der Waals surface area contributed by atoms with Gasteiger partial charge in [0.05, 0.1) is 7.11 Å². The first-order chi connectivity index (χ1) is 7.54. The molecule has 0 unspecified atom stereocenters. The number of rotatable bonds is 4. The Morgan fingerprint density at radius 2 is 1.75 bits per heavy atom. The van der Waals surface area contributed by atoms with Crippen molar-refractivity contribution in [2.75, 3.05) is 7.11 Å². The van der Waals surface area contributed by atoms with Crippen molar-refractivity contribution in [3.05, 3.63) is 29.8 Å². The van der Waals surface area contributed by atoms with Gasteiger partial charge in [0.25, 0.3) is 5.91 Å². The first-order valence-corrected chi connectivity index (χ1v) is 5.04. The van der Waals surface area contributed by atoms with E-state index < -0.39 is 11.7 Å².